The molecule has 19 heavy (non-hydrogen) atoms. The van der Waals surface area contributed by atoms with Crippen molar-refractivity contribution in [1.82, 2.24) is 0 Å². The highest BCUT2D eigenvalue weighted by molar-refractivity contribution is 5.90. The van der Waals surface area contributed by atoms with E-state index in [1.165, 1.54) is 6.07 Å². The van der Waals surface area contributed by atoms with E-state index in [4.69, 9.17) is 9.47 Å². The molecule has 7 heteroatoms. The number of nitro benzene ring substituents is 1. The molecule has 2 unspecified atom stereocenters. The molecule has 1 saturated carbocycles. The predicted molar refractivity (Wildman–Crippen MR) is 62.5 cm³/mol. The Hall–Kier alpha value is -2.02. The number of benzene rings is 1. The lowest BCUT2D eigenvalue weighted by molar-refractivity contribution is -0.387. The molecule has 6 nitrogen and oxygen atoms in total. The highest BCUT2D eigenvalue weighted by Gasteiger charge is 2.42. The first-order valence-corrected chi connectivity index (χ1v) is 5.78. The first-order chi connectivity index (χ1) is 9.02. The van der Waals surface area contributed by atoms with E-state index in [0.29, 0.717) is 6.61 Å². The van der Waals surface area contributed by atoms with Crippen LogP contribution in [0.25, 0.3) is 0 Å². The zero-order valence-corrected chi connectivity index (χ0v) is 10.2. The quantitative estimate of drug-likeness (QED) is 0.602. The molecule has 2 rings (SSSR count). The summed E-state index contributed by atoms with van der Waals surface area (Å²) in [5.74, 6) is -0.888. The molecule has 1 aromatic carbocycles. The molecular weight excluding hydrogens is 257 g/mol. The number of carbonyl (C=O) groups excluding carboxylic acids is 1. The molecular formula is C12H12FNO5. The molecule has 0 heterocycles. The van der Waals surface area contributed by atoms with Gasteiger partial charge in [-0.25, -0.2) is 0 Å². The Labute approximate surface area is 108 Å². The van der Waals surface area contributed by atoms with Crippen molar-refractivity contribution >= 4 is 11.5 Å². The monoisotopic (exact) mass is 269 g/mol. The van der Waals surface area contributed by atoms with E-state index in [2.05, 4.69) is 0 Å². The molecule has 1 fully saturated rings. The average molecular weight is 269 g/mol. The molecule has 0 radical (unpaired) electrons. The SMILES string of the molecule is CCOC1C(=O)CC1Oc1ccc([N+](=O)[O-])c(F)c1. The van der Waals surface area contributed by atoms with Gasteiger partial charge in [0.2, 0.25) is 5.82 Å². The van der Waals surface area contributed by atoms with E-state index >= 15 is 0 Å². The Morgan fingerprint density at radius 3 is 2.79 bits per heavy atom. The lowest BCUT2D eigenvalue weighted by atomic mass is 9.90. The maximum absolute atomic E-state index is 13.4. The molecule has 1 aromatic rings. The number of rotatable bonds is 5. The number of nitro groups is 1. The highest BCUT2D eigenvalue weighted by atomic mass is 19.1. The Kier molecular flexibility index (Phi) is 3.75. The van der Waals surface area contributed by atoms with Gasteiger partial charge in [0, 0.05) is 25.2 Å². The van der Waals surface area contributed by atoms with Gasteiger partial charge in [-0.3, -0.25) is 14.9 Å². The number of nitrogens with zero attached hydrogens (tertiary/aromatic N) is 1. The van der Waals surface area contributed by atoms with Gasteiger partial charge < -0.3 is 9.47 Å². The van der Waals surface area contributed by atoms with Crippen LogP contribution in [0.5, 0.6) is 5.75 Å². The largest absolute Gasteiger partial charge is 0.487 e. The van der Waals surface area contributed by atoms with Gasteiger partial charge in [0.25, 0.3) is 0 Å². The van der Waals surface area contributed by atoms with Crippen molar-refractivity contribution in [3.8, 4) is 5.75 Å². The van der Waals surface area contributed by atoms with Crippen molar-refractivity contribution in [2.45, 2.75) is 25.6 Å². The van der Waals surface area contributed by atoms with Crippen LogP contribution in [0.4, 0.5) is 10.1 Å². The summed E-state index contributed by atoms with van der Waals surface area (Å²) in [5, 5.41) is 10.5. The van der Waals surface area contributed by atoms with Crippen LogP contribution in [-0.4, -0.2) is 29.5 Å². The minimum atomic E-state index is -0.971. The van der Waals surface area contributed by atoms with Crippen LogP contribution < -0.4 is 4.74 Å². The van der Waals surface area contributed by atoms with Crippen LogP contribution in [0.15, 0.2) is 18.2 Å². The molecule has 2 atom stereocenters. The summed E-state index contributed by atoms with van der Waals surface area (Å²) in [4.78, 5) is 20.9. The van der Waals surface area contributed by atoms with E-state index < -0.39 is 28.6 Å². The molecule has 0 saturated heterocycles. The van der Waals surface area contributed by atoms with Crippen molar-refractivity contribution in [3.05, 3.63) is 34.1 Å². The van der Waals surface area contributed by atoms with E-state index in [9.17, 15) is 19.3 Å². The fourth-order valence-electron chi connectivity index (χ4n) is 1.84. The summed E-state index contributed by atoms with van der Waals surface area (Å²) < 4.78 is 24.0. The minimum Gasteiger partial charge on any atom is -0.487 e. The van der Waals surface area contributed by atoms with Crippen LogP contribution in [0.2, 0.25) is 0 Å². The van der Waals surface area contributed by atoms with Gasteiger partial charge in [-0.2, -0.15) is 4.39 Å². The van der Waals surface area contributed by atoms with Gasteiger partial charge in [0.05, 0.1) is 4.92 Å². The minimum absolute atomic E-state index is 0.0609. The first-order valence-electron chi connectivity index (χ1n) is 5.78. The molecule has 1 aliphatic carbocycles. The highest BCUT2D eigenvalue weighted by Crippen LogP contribution is 2.28. The number of ether oxygens (including phenoxy) is 2. The molecule has 1 aliphatic rings. The normalized spacial score (nSPS) is 21.9. The Balaban J connectivity index is 2.06. The van der Waals surface area contributed by atoms with E-state index in [1.807, 2.05) is 0 Å². The zero-order chi connectivity index (χ0) is 14.0. The fraction of sp³-hybridized carbons (Fsp3) is 0.417. The van der Waals surface area contributed by atoms with Crippen molar-refractivity contribution < 1.29 is 23.6 Å². The summed E-state index contributed by atoms with van der Waals surface area (Å²) in [6, 6.07) is 3.26. The smallest absolute Gasteiger partial charge is 0.305 e. The van der Waals surface area contributed by atoms with Crippen LogP contribution in [0.1, 0.15) is 13.3 Å². The van der Waals surface area contributed by atoms with Crippen LogP contribution in [0, 0.1) is 15.9 Å². The molecule has 0 spiro atoms. The second-order valence-electron chi connectivity index (χ2n) is 4.07. The molecule has 102 valence electrons. The summed E-state index contributed by atoms with van der Waals surface area (Å²) in [6.45, 7) is 2.14. The van der Waals surface area contributed by atoms with Crippen LogP contribution in [0.3, 0.4) is 0 Å². The lowest BCUT2D eigenvalue weighted by Gasteiger charge is -2.34. The lowest BCUT2D eigenvalue weighted by Crippen LogP contribution is -2.52. The number of ketones is 1. The van der Waals surface area contributed by atoms with Crippen molar-refractivity contribution in [3.63, 3.8) is 0 Å². The summed E-state index contributed by atoms with van der Waals surface area (Å²) in [6.07, 6.45) is -0.903. The van der Waals surface area contributed by atoms with Gasteiger partial charge in [-0.1, -0.05) is 0 Å². The fourth-order valence-corrected chi connectivity index (χ4v) is 1.84. The number of hydrogen-bond donors (Lipinski definition) is 0. The Morgan fingerprint density at radius 1 is 1.53 bits per heavy atom. The third kappa shape index (κ3) is 2.70. The van der Waals surface area contributed by atoms with Crippen molar-refractivity contribution in [1.29, 1.82) is 0 Å². The summed E-state index contributed by atoms with van der Waals surface area (Å²) in [7, 11) is 0. The van der Waals surface area contributed by atoms with Gasteiger partial charge in [-0.05, 0) is 13.0 Å². The molecule has 0 aliphatic heterocycles. The average Bonchev–Trinajstić information content (AvgIpc) is 2.35. The number of carbonyl (C=O) groups is 1. The number of halogens is 1. The third-order valence-electron chi connectivity index (χ3n) is 2.81. The van der Waals surface area contributed by atoms with Crippen molar-refractivity contribution in [2.24, 2.45) is 0 Å². The first kappa shape index (κ1) is 13.4. The van der Waals surface area contributed by atoms with E-state index in [0.717, 1.165) is 12.1 Å². The second kappa shape index (κ2) is 5.31. The van der Waals surface area contributed by atoms with E-state index in [1.54, 1.807) is 6.92 Å². The van der Waals surface area contributed by atoms with Gasteiger partial charge in [-0.15, -0.1) is 0 Å². The standard InChI is InChI=1S/C12H12FNO5/c1-2-18-12-10(15)6-11(12)19-7-3-4-9(14(16)17)8(13)5-7/h3-5,11-12H,2,6H2,1H3. The summed E-state index contributed by atoms with van der Waals surface area (Å²) >= 11 is 0. The molecule has 0 aromatic heterocycles. The zero-order valence-electron chi connectivity index (χ0n) is 10.2. The second-order valence-corrected chi connectivity index (χ2v) is 4.07. The topological polar surface area (TPSA) is 78.7 Å². The third-order valence-corrected chi connectivity index (χ3v) is 2.81. The van der Waals surface area contributed by atoms with E-state index in [-0.39, 0.29) is 18.0 Å². The Bertz CT molecular complexity index is 519. The molecule has 0 bridgehead atoms. The van der Waals surface area contributed by atoms with Crippen molar-refractivity contribution in [2.75, 3.05) is 6.61 Å². The maximum atomic E-state index is 13.4. The van der Waals surface area contributed by atoms with Gasteiger partial charge in [0.1, 0.15) is 11.9 Å². The molecule has 0 N–H and O–H groups in total. The number of Topliss-reactive ketones (excluding diaryl/α,β-unsaturated/α-hetero) is 1. The van der Waals surface area contributed by atoms with Crippen LogP contribution in [-0.2, 0) is 9.53 Å². The Morgan fingerprint density at radius 2 is 2.26 bits per heavy atom. The maximum Gasteiger partial charge on any atom is 0.305 e. The summed E-state index contributed by atoms with van der Waals surface area (Å²) in [5.41, 5.74) is -0.613. The van der Waals surface area contributed by atoms with Crippen LogP contribution >= 0.6 is 0 Å². The predicted octanol–water partition coefficient (Wildman–Crippen LogP) is 1.86. The molecule has 0 amide bonds. The van der Waals surface area contributed by atoms with Gasteiger partial charge >= 0.3 is 5.69 Å². The number of hydrogen-bond acceptors (Lipinski definition) is 5. The van der Waals surface area contributed by atoms with Gasteiger partial charge in [0.15, 0.2) is 11.9 Å².